The summed E-state index contributed by atoms with van der Waals surface area (Å²) in [6, 6.07) is 9.70. The first kappa shape index (κ1) is 13.2. The first-order valence-corrected chi connectivity index (χ1v) is 5.70. The van der Waals surface area contributed by atoms with Crippen molar-refractivity contribution in [2.24, 2.45) is 0 Å². The SMILES string of the molecule is CCCOC(=O)N(C=O)CCc1ccccc1. The molecule has 1 aromatic carbocycles. The largest absolute Gasteiger partial charge is 0.449 e. The molecule has 4 nitrogen and oxygen atoms in total. The van der Waals surface area contributed by atoms with Gasteiger partial charge in [-0.15, -0.1) is 0 Å². The summed E-state index contributed by atoms with van der Waals surface area (Å²) < 4.78 is 4.89. The van der Waals surface area contributed by atoms with E-state index in [4.69, 9.17) is 4.74 Å². The van der Waals surface area contributed by atoms with E-state index >= 15 is 0 Å². The van der Waals surface area contributed by atoms with Crippen LogP contribution in [0.4, 0.5) is 4.79 Å². The van der Waals surface area contributed by atoms with Crippen LogP contribution in [0.25, 0.3) is 0 Å². The lowest BCUT2D eigenvalue weighted by atomic mass is 10.1. The van der Waals surface area contributed by atoms with E-state index in [2.05, 4.69) is 0 Å². The van der Waals surface area contributed by atoms with Crippen molar-refractivity contribution in [3.8, 4) is 0 Å². The van der Waals surface area contributed by atoms with Crippen LogP contribution >= 0.6 is 0 Å². The van der Waals surface area contributed by atoms with Crippen molar-refractivity contribution in [2.45, 2.75) is 19.8 Å². The maximum absolute atomic E-state index is 11.4. The van der Waals surface area contributed by atoms with E-state index in [1.165, 1.54) is 0 Å². The van der Waals surface area contributed by atoms with Gasteiger partial charge in [-0.2, -0.15) is 0 Å². The van der Waals surface area contributed by atoms with E-state index in [9.17, 15) is 9.59 Å². The molecule has 2 amide bonds. The highest BCUT2D eigenvalue weighted by Gasteiger charge is 2.13. The van der Waals surface area contributed by atoms with Crippen LogP contribution in [0.5, 0.6) is 0 Å². The van der Waals surface area contributed by atoms with Crippen LogP contribution in [-0.2, 0) is 16.0 Å². The van der Waals surface area contributed by atoms with Crippen molar-refractivity contribution in [2.75, 3.05) is 13.2 Å². The maximum atomic E-state index is 11.4. The highest BCUT2D eigenvalue weighted by atomic mass is 16.6. The lowest BCUT2D eigenvalue weighted by molar-refractivity contribution is -0.116. The molecule has 17 heavy (non-hydrogen) atoms. The van der Waals surface area contributed by atoms with Gasteiger partial charge in [0.05, 0.1) is 6.61 Å². The number of carbonyl (C=O) groups is 2. The standard InChI is InChI=1S/C13H17NO3/c1-2-10-17-13(16)14(11-15)9-8-12-6-4-3-5-7-12/h3-7,11H,2,8-10H2,1H3. The summed E-state index contributed by atoms with van der Waals surface area (Å²) in [5.74, 6) is 0. The number of hydrogen-bond donors (Lipinski definition) is 0. The minimum Gasteiger partial charge on any atom is -0.449 e. The Bertz CT molecular complexity index is 351. The fourth-order valence-electron chi connectivity index (χ4n) is 1.35. The molecule has 0 N–H and O–H groups in total. The van der Waals surface area contributed by atoms with E-state index in [1.54, 1.807) is 0 Å². The van der Waals surface area contributed by atoms with E-state index in [0.29, 0.717) is 26.0 Å². The minimum atomic E-state index is -0.571. The van der Waals surface area contributed by atoms with Gasteiger partial charge in [-0.1, -0.05) is 37.3 Å². The monoisotopic (exact) mass is 235 g/mol. The fourth-order valence-corrected chi connectivity index (χ4v) is 1.35. The molecule has 0 fully saturated rings. The Morgan fingerprint density at radius 2 is 2.06 bits per heavy atom. The molecule has 0 spiro atoms. The first-order valence-electron chi connectivity index (χ1n) is 5.70. The van der Waals surface area contributed by atoms with Crippen LogP contribution in [-0.4, -0.2) is 30.6 Å². The van der Waals surface area contributed by atoms with Crippen molar-refractivity contribution in [1.82, 2.24) is 4.90 Å². The molecule has 0 unspecified atom stereocenters. The van der Waals surface area contributed by atoms with E-state index in [-0.39, 0.29) is 0 Å². The second kappa shape index (κ2) is 7.44. The van der Waals surface area contributed by atoms with E-state index < -0.39 is 6.09 Å². The second-order valence-electron chi connectivity index (χ2n) is 3.65. The third-order valence-corrected chi connectivity index (χ3v) is 2.28. The summed E-state index contributed by atoms with van der Waals surface area (Å²) in [4.78, 5) is 23.2. The molecular weight excluding hydrogens is 218 g/mol. The number of rotatable bonds is 6. The van der Waals surface area contributed by atoms with Gasteiger partial charge in [0.15, 0.2) is 0 Å². The van der Waals surface area contributed by atoms with Gasteiger partial charge in [-0.25, -0.2) is 9.69 Å². The van der Waals surface area contributed by atoms with Crippen molar-refractivity contribution >= 4 is 12.5 Å². The molecule has 0 aliphatic heterocycles. The molecule has 4 heteroatoms. The topological polar surface area (TPSA) is 46.6 Å². The predicted octanol–water partition coefficient (Wildman–Crippen LogP) is 2.23. The average molecular weight is 235 g/mol. The molecule has 0 radical (unpaired) electrons. The molecule has 0 aliphatic rings. The molecular formula is C13H17NO3. The van der Waals surface area contributed by atoms with Crippen LogP contribution in [0.15, 0.2) is 30.3 Å². The smallest absolute Gasteiger partial charge is 0.416 e. The molecule has 1 rings (SSSR count). The Morgan fingerprint density at radius 1 is 1.35 bits per heavy atom. The number of carbonyl (C=O) groups excluding carboxylic acids is 2. The summed E-state index contributed by atoms with van der Waals surface area (Å²) in [6.07, 6.45) is 1.33. The number of amides is 2. The van der Waals surface area contributed by atoms with Crippen LogP contribution in [0.1, 0.15) is 18.9 Å². The maximum Gasteiger partial charge on any atom is 0.416 e. The number of hydrogen-bond acceptors (Lipinski definition) is 3. The normalized spacial score (nSPS) is 9.71. The third-order valence-electron chi connectivity index (χ3n) is 2.28. The van der Waals surface area contributed by atoms with Gasteiger partial charge in [0.2, 0.25) is 6.41 Å². The first-order chi connectivity index (χ1) is 8.27. The lowest BCUT2D eigenvalue weighted by Gasteiger charge is -2.14. The highest BCUT2D eigenvalue weighted by Crippen LogP contribution is 2.01. The molecule has 0 atom stereocenters. The van der Waals surface area contributed by atoms with E-state index in [1.807, 2.05) is 37.3 Å². The predicted molar refractivity (Wildman–Crippen MR) is 64.6 cm³/mol. The summed E-state index contributed by atoms with van der Waals surface area (Å²) in [7, 11) is 0. The Balaban J connectivity index is 2.42. The molecule has 1 aromatic rings. The fraction of sp³-hybridized carbons (Fsp3) is 0.385. The zero-order valence-corrected chi connectivity index (χ0v) is 9.96. The quantitative estimate of drug-likeness (QED) is 0.710. The molecule has 0 heterocycles. The number of ether oxygens (including phenoxy) is 1. The Hall–Kier alpha value is -1.84. The molecule has 0 saturated heterocycles. The van der Waals surface area contributed by atoms with Gasteiger partial charge < -0.3 is 4.74 Å². The van der Waals surface area contributed by atoms with Crippen molar-refractivity contribution in [1.29, 1.82) is 0 Å². The van der Waals surface area contributed by atoms with Gasteiger partial charge in [-0.05, 0) is 18.4 Å². The Kier molecular flexibility index (Phi) is 5.79. The molecule has 0 aliphatic carbocycles. The summed E-state index contributed by atoms with van der Waals surface area (Å²) in [6.45, 7) is 2.59. The average Bonchev–Trinajstić information content (AvgIpc) is 2.38. The van der Waals surface area contributed by atoms with Gasteiger partial charge in [-0.3, -0.25) is 4.79 Å². The molecule has 0 aromatic heterocycles. The van der Waals surface area contributed by atoms with Gasteiger partial charge in [0.1, 0.15) is 0 Å². The molecule has 92 valence electrons. The number of nitrogens with zero attached hydrogens (tertiary/aromatic N) is 1. The summed E-state index contributed by atoms with van der Waals surface area (Å²) >= 11 is 0. The molecule has 0 bridgehead atoms. The molecule has 0 saturated carbocycles. The van der Waals surface area contributed by atoms with Gasteiger partial charge in [0.25, 0.3) is 0 Å². The highest BCUT2D eigenvalue weighted by molar-refractivity contribution is 5.80. The van der Waals surface area contributed by atoms with Crippen molar-refractivity contribution < 1.29 is 14.3 Å². The van der Waals surface area contributed by atoms with Crippen LogP contribution in [0, 0.1) is 0 Å². The van der Waals surface area contributed by atoms with Crippen LogP contribution in [0.2, 0.25) is 0 Å². The van der Waals surface area contributed by atoms with Crippen LogP contribution < -0.4 is 0 Å². The Labute approximate surface area is 101 Å². The zero-order chi connectivity index (χ0) is 12.5. The Morgan fingerprint density at radius 3 is 2.65 bits per heavy atom. The summed E-state index contributed by atoms with van der Waals surface area (Å²) in [5, 5.41) is 0. The van der Waals surface area contributed by atoms with Gasteiger partial charge in [0, 0.05) is 6.54 Å². The summed E-state index contributed by atoms with van der Waals surface area (Å²) in [5.41, 5.74) is 1.09. The number of imide groups is 1. The number of benzene rings is 1. The van der Waals surface area contributed by atoms with Gasteiger partial charge >= 0.3 is 6.09 Å². The zero-order valence-electron chi connectivity index (χ0n) is 9.96. The van der Waals surface area contributed by atoms with Crippen LogP contribution in [0.3, 0.4) is 0 Å². The lowest BCUT2D eigenvalue weighted by Crippen LogP contribution is -2.32. The minimum absolute atomic E-state index is 0.342. The van der Waals surface area contributed by atoms with Crippen molar-refractivity contribution in [3.63, 3.8) is 0 Å². The second-order valence-corrected chi connectivity index (χ2v) is 3.65. The third kappa shape index (κ3) is 4.68. The van der Waals surface area contributed by atoms with E-state index in [0.717, 1.165) is 16.9 Å². The van der Waals surface area contributed by atoms with Crippen molar-refractivity contribution in [3.05, 3.63) is 35.9 Å².